The van der Waals surface area contributed by atoms with Crippen molar-refractivity contribution in [1.82, 2.24) is 19.6 Å². The van der Waals surface area contributed by atoms with Gasteiger partial charge in [-0.1, -0.05) is 29.8 Å². The Kier molecular flexibility index (Phi) is 4.57. The summed E-state index contributed by atoms with van der Waals surface area (Å²) < 4.78 is 2.17. The third-order valence-electron chi connectivity index (χ3n) is 5.38. The van der Waals surface area contributed by atoms with Gasteiger partial charge in [0, 0.05) is 45.3 Å². The van der Waals surface area contributed by atoms with Crippen LogP contribution in [0.5, 0.6) is 0 Å². The van der Waals surface area contributed by atoms with E-state index in [2.05, 4.69) is 51.9 Å². The number of rotatable bonds is 5. The van der Waals surface area contributed by atoms with E-state index in [9.17, 15) is 4.79 Å². The maximum Gasteiger partial charge on any atom is 0.222 e. The fraction of sp³-hybridized carbons (Fsp3) is 0.500. The SMILES string of the molecule is Cc1ccc(CN2Cc3ccnn3[C@@H](CCN3CCCC3=O)C2)cc1. The van der Waals surface area contributed by atoms with E-state index in [0.29, 0.717) is 11.9 Å². The molecule has 1 aromatic heterocycles. The van der Waals surface area contributed by atoms with Crippen LogP contribution < -0.4 is 0 Å². The summed E-state index contributed by atoms with van der Waals surface area (Å²) in [4.78, 5) is 16.4. The summed E-state index contributed by atoms with van der Waals surface area (Å²) in [5.74, 6) is 0.313. The lowest BCUT2D eigenvalue weighted by atomic mass is 10.1. The topological polar surface area (TPSA) is 41.4 Å². The zero-order valence-corrected chi connectivity index (χ0v) is 14.9. The average Bonchev–Trinajstić information content (AvgIpc) is 3.23. The van der Waals surface area contributed by atoms with Crippen LogP contribution in [0.25, 0.3) is 0 Å². The van der Waals surface area contributed by atoms with Crippen molar-refractivity contribution in [2.45, 2.75) is 45.3 Å². The zero-order valence-electron chi connectivity index (χ0n) is 14.9. The minimum absolute atomic E-state index is 0.313. The number of benzene rings is 1. The molecule has 1 saturated heterocycles. The number of amides is 1. The summed E-state index contributed by atoms with van der Waals surface area (Å²) >= 11 is 0. The molecule has 1 aromatic carbocycles. The molecule has 1 fully saturated rings. The van der Waals surface area contributed by atoms with Crippen molar-refractivity contribution in [2.24, 2.45) is 0 Å². The molecule has 0 bridgehead atoms. The molecular weight excluding hydrogens is 312 g/mol. The van der Waals surface area contributed by atoms with Crippen molar-refractivity contribution >= 4 is 5.91 Å². The highest BCUT2D eigenvalue weighted by Crippen LogP contribution is 2.25. The van der Waals surface area contributed by atoms with E-state index in [1.165, 1.54) is 16.8 Å². The molecule has 5 heteroatoms. The van der Waals surface area contributed by atoms with Crippen molar-refractivity contribution in [3.8, 4) is 0 Å². The minimum atomic E-state index is 0.313. The molecule has 0 aliphatic carbocycles. The summed E-state index contributed by atoms with van der Waals surface area (Å²) in [7, 11) is 0. The Bertz CT molecular complexity index is 736. The highest BCUT2D eigenvalue weighted by Gasteiger charge is 2.27. The largest absolute Gasteiger partial charge is 0.343 e. The summed E-state index contributed by atoms with van der Waals surface area (Å²) in [5.41, 5.74) is 3.93. The molecular formula is C20H26N4O. The maximum absolute atomic E-state index is 11.9. The highest BCUT2D eigenvalue weighted by molar-refractivity contribution is 5.77. The van der Waals surface area contributed by atoms with E-state index in [-0.39, 0.29) is 0 Å². The summed E-state index contributed by atoms with van der Waals surface area (Å²) in [6.45, 7) is 6.78. The summed E-state index contributed by atoms with van der Waals surface area (Å²) in [5, 5.41) is 4.54. The number of hydrogen-bond donors (Lipinski definition) is 0. The van der Waals surface area contributed by atoms with Gasteiger partial charge in [0.05, 0.1) is 11.7 Å². The van der Waals surface area contributed by atoms with Crippen LogP contribution in [0.2, 0.25) is 0 Å². The Morgan fingerprint density at radius 1 is 1.20 bits per heavy atom. The van der Waals surface area contributed by atoms with Gasteiger partial charge in [-0.3, -0.25) is 14.4 Å². The molecule has 25 heavy (non-hydrogen) atoms. The molecule has 0 spiro atoms. The van der Waals surface area contributed by atoms with E-state index >= 15 is 0 Å². The van der Waals surface area contributed by atoms with Crippen molar-refractivity contribution in [3.05, 3.63) is 53.3 Å². The van der Waals surface area contributed by atoms with E-state index in [4.69, 9.17) is 0 Å². The van der Waals surface area contributed by atoms with Gasteiger partial charge in [0.25, 0.3) is 0 Å². The number of nitrogens with zero attached hydrogens (tertiary/aromatic N) is 4. The maximum atomic E-state index is 11.9. The van der Waals surface area contributed by atoms with Gasteiger partial charge in [-0.05, 0) is 31.4 Å². The fourth-order valence-corrected chi connectivity index (χ4v) is 4.00. The van der Waals surface area contributed by atoms with Gasteiger partial charge in [-0.25, -0.2) is 0 Å². The molecule has 3 heterocycles. The molecule has 4 rings (SSSR count). The first-order chi connectivity index (χ1) is 12.2. The van der Waals surface area contributed by atoms with Crippen LogP contribution in [0.1, 0.15) is 42.1 Å². The molecule has 0 N–H and O–H groups in total. The standard InChI is InChI=1S/C20H26N4O/c1-16-4-6-17(7-5-16)13-22-14-18-8-10-21-24(18)19(15-22)9-12-23-11-2-3-20(23)25/h4-8,10,19H,2-3,9,11-15H2,1H3/t19-/m0/s1. The lowest BCUT2D eigenvalue weighted by Crippen LogP contribution is -2.39. The normalized spacial score (nSPS) is 20.9. The highest BCUT2D eigenvalue weighted by atomic mass is 16.2. The van der Waals surface area contributed by atoms with Gasteiger partial charge < -0.3 is 4.90 Å². The van der Waals surface area contributed by atoms with Gasteiger partial charge >= 0.3 is 0 Å². The fourth-order valence-electron chi connectivity index (χ4n) is 4.00. The smallest absolute Gasteiger partial charge is 0.222 e. The Morgan fingerprint density at radius 2 is 2.04 bits per heavy atom. The third-order valence-corrected chi connectivity index (χ3v) is 5.38. The quantitative estimate of drug-likeness (QED) is 0.842. The van der Waals surface area contributed by atoms with E-state index in [1.807, 2.05) is 11.1 Å². The molecule has 0 saturated carbocycles. The monoisotopic (exact) mass is 338 g/mol. The molecule has 2 aliphatic rings. The number of aromatic nitrogens is 2. The van der Waals surface area contributed by atoms with E-state index < -0.39 is 0 Å². The molecule has 1 amide bonds. The zero-order chi connectivity index (χ0) is 17.2. The van der Waals surface area contributed by atoms with E-state index in [1.54, 1.807) is 0 Å². The number of likely N-dealkylation sites (tertiary alicyclic amines) is 1. The lowest BCUT2D eigenvalue weighted by Gasteiger charge is -2.34. The predicted octanol–water partition coefficient (Wildman–Crippen LogP) is 2.76. The Balaban J connectivity index is 1.43. The van der Waals surface area contributed by atoms with Crippen molar-refractivity contribution < 1.29 is 4.79 Å². The molecule has 2 aromatic rings. The Labute approximate surface area is 149 Å². The molecule has 0 unspecified atom stereocenters. The van der Waals surface area contributed by atoms with Crippen molar-refractivity contribution in [2.75, 3.05) is 19.6 Å². The minimum Gasteiger partial charge on any atom is -0.343 e. The van der Waals surface area contributed by atoms with Gasteiger partial charge in [0.1, 0.15) is 0 Å². The second-order valence-corrected chi connectivity index (χ2v) is 7.35. The van der Waals surface area contributed by atoms with Gasteiger partial charge in [-0.15, -0.1) is 0 Å². The molecule has 5 nitrogen and oxygen atoms in total. The van der Waals surface area contributed by atoms with Gasteiger partial charge in [0.2, 0.25) is 5.91 Å². The van der Waals surface area contributed by atoms with Crippen LogP contribution in [0, 0.1) is 6.92 Å². The second-order valence-electron chi connectivity index (χ2n) is 7.35. The molecule has 132 valence electrons. The number of hydrogen-bond acceptors (Lipinski definition) is 3. The lowest BCUT2D eigenvalue weighted by molar-refractivity contribution is -0.127. The summed E-state index contributed by atoms with van der Waals surface area (Å²) in [6, 6.07) is 11.3. The molecule has 1 atom stereocenters. The number of fused-ring (bicyclic) bond motifs is 1. The van der Waals surface area contributed by atoms with Crippen LogP contribution in [-0.4, -0.2) is 45.1 Å². The van der Waals surface area contributed by atoms with Crippen molar-refractivity contribution in [3.63, 3.8) is 0 Å². The van der Waals surface area contributed by atoms with Gasteiger partial charge in [-0.2, -0.15) is 5.10 Å². The van der Waals surface area contributed by atoms with Gasteiger partial charge in [0.15, 0.2) is 0 Å². The number of aryl methyl sites for hydroxylation is 1. The van der Waals surface area contributed by atoms with Crippen LogP contribution in [0.15, 0.2) is 36.5 Å². The van der Waals surface area contributed by atoms with Crippen molar-refractivity contribution in [1.29, 1.82) is 0 Å². The van der Waals surface area contributed by atoms with Crippen LogP contribution in [0.3, 0.4) is 0 Å². The summed E-state index contributed by atoms with van der Waals surface area (Å²) in [6.07, 6.45) is 4.61. The number of carbonyl (C=O) groups is 1. The Morgan fingerprint density at radius 3 is 2.80 bits per heavy atom. The molecule has 2 aliphatic heterocycles. The Hall–Kier alpha value is -2.14. The predicted molar refractivity (Wildman–Crippen MR) is 97.0 cm³/mol. The van der Waals surface area contributed by atoms with E-state index in [0.717, 1.165) is 52.0 Å². The van der Waals surface area contributed by atoms with Crippen LogP contribution in [0.4, 0.5) is 0 Å². The second kappa shape index (κ2) is 7.00. The third kappa shape index (κ3) is 3.61. The van der Waals surface area contributed by atoms with Crippen LogP contribution >= 0.6 is 0 Å². The first-order valence-corrected chi connectivity index (χ1v) is 9.27. The van der Waals surface area contributed by atoms with Crippen LogP contribution in [-0.2, 0) is 17.9 Å². The number of carbonyl (C=O) groups excluding carboxylic acids is 1. The average molecular weight is 338 g/mol. The first-order valence-electron chi connectivity index (χ1n) is 9.27. The molecule has 0 radical (unpaired) electrons. The first kappa shape index (κ1) is 16.3.